The van der Waals surface area contributed by atoms with Crippen LogP contribution in [0.15, 0.2) is 42.5 Å². The normalized spacial score (nSPS) is 38.2. The van der Waals surface area contributed by atoms with Gasteiger partial charge in [-0.3, -0.25) is 4.90 Å². The fourth-order valence-corrected chi connectivity index (χ4v) is 9.00. The first-order chi connectivity index (χ1) is 17.2. The summed E-state index contributed by atoms with van der Waals surface area (Å²) in [6, 6.07) is 20.0. The molecule has 5 aliphatic rings. The predicted molar refractivity (Wildman–Crippen MR) is 139 cm³/mol. The Balaban J connectivity index is 1.17. The second kappa shape index (κ2) is 8.75. The minimum Gasteiger partial charge on any atom is -0.372 e. The molecule has 0 N–H and O–H groups in total. The Bertz CT molecular complexity index is 1150. The summed E-state index contributed by atoms with van der Waals surface area (Å²) in [7, 11) is 0. The largest absolute Gasteiger partial charge is 0.372 e. The summed E-state index contributed by atoms with van der Waals surface area (Å²) in [4.78, 5) is 3.06. The molecule has 2 heterocycles. The zero-order valence-electron chi connectivity index (χ0n) is 21.0. The van der Waals surface area contributed by atoms with Gasteiger partial charge in [-0.25, -0.2) is 0 Å². The highest BCUT2D eigenvalue weighted by Crippen LogP contribution is 2.56. The van der Waals surface area contributed by atoms with Crippen LogP contribution in [0, 0.1) is 30.1 Å². The number of ether oxygens (including phenoxy) is 1. The number of nitriles is 1. The Morgan fingerprint density at radius 3 is 2.63 bits per heavy atom. The number of benzene rings is 2. The monoisotopic (exact) mass is 466 g/mol. The molecule has 3 nitrogen and oxygen atoms in total. The number of aryl methyl sites for hydroxylation is 1. The van der Waals surface area contributed by atoms with E-state index in [2.05, 4.69) is 48.2 Å². The van der Waals surface area contributed by atoms with Crippen molar-refractivity contribution in [1.82, 2.24) is 4.90 Å². The minimum absolute atomic E-state index is 0.496. The van der Waals surface area contributed by atoms with E-state index in [4.69, 9.17) is 4.74 Å². The second-order valence-corrected chi connectivity index (χ2v) is 12.2. The average Bonchev–Trinajstić information content (AvgIpc) is 3.24. The minimum atomic E-state index is 0.496. The molecule has 2 aliphatic heterocycles. The van der Waals surface area contributed by atoms with Crippen LogP contribution < -0.4 is 0 Å². The number of rotatable bonds is 2. The van der Waals surface area contributed by atoms with Crippen molar-refractivity contribution in [3.63, 3.8) is 0 Å². The SMILES string of the molecule is Cc1cc(C#N)cc(-c2cccc(C3CCC4C(C3)C3CCCC5OC6CCCCC6N4C53)c2)c1. The molecule has 0 radical (unpaired) electrons. The molecule has 8 atom stereocenters. The number of hydrogen-bond acceptors (Lipinski definition) is 3. The van der Waals surface area contributed by atoms with Gasteiger partial charge >= 0.3 is 0 Å². The van der Waals surface area contributed by atoms with Gasteiger partial charge in [0, 0.05) is 18.1 Å². The van der Waals surface area contributed by atoms with Crippen LogP contribution >= 0.6 is 0 Å². The number of hydrogen-bond donors (Lipinski definition) is 0. The summed E-state index contributed by atoms with van der Waals surface area (Å²) < 4.78 is 6.82. The Hall–Kier alpha value is -2.15. The second-order valence-electron chi connectivity index (χ2n) is 12.2. The van der Waals surface area contributed by atoms with Crippen LogP contribution in [0.2, 0.25) is 0 Å². The Morgan fingerprint density at radius 1 is 0.829 bits per heavy atom. The van der Waals surface area contributed by atoms with Crippen molar-refractivity contribution in [3.8, 4) is 17.2 Å². The molecule has 0 spiro atoms. The number of nitrogens with zero attached hydrogens (tertiary/aromatic N) is 2. The van der Waals surface area contributed by atoms with E-state index in [1.807, 2.05) is 12.1 Å². The van der Waals surface area contributed by atoms with Gasteiger partial charge in [-0.05, 0) is 104 Å². The lowest BCUT2D eigenvalue weighted by atomic mass is 9.68. The molecule has 0 bridgehead atoms. The van der Waals surface area contributed by atoms with E-state index in [0.717, 1.165) is 29.0 Å². The first kappa shape index (κ1) is 22.1. The van der Waals surface area contributed by atoms with Gasteiger partial charge in [-0.1, -0.05) is 49.6 Å². The van der Waals surface area contributed by atoms with Crippen molar-refractivity contribution < 1.29 is 4.74 Å². The zero-order chi connectivity index (χ0) is 23.5. The van der Waals surface area contributed by atoms with Crippen LogP contribution in [0.1, 0.15) is 86.8 Å². The Labute approximate surface area is 210 Å². The lowest BCUT2D eigenvalue weighted by molar-refractivity contribution is -0.177. The molecule has 2 aromatic carbocycles. The van der Waals surface area contributed by atoms with Crippen molar-refractivity contribution >= 4 is 0 Å². The van der Waals surface area contributed by atoms with E-state index in [1.165, 1.54) is 80.9 Å². The first-order valence-electron chi connectivity index (χ1n) is 14.2. The van der Waals surface area contributed by atoms with Gasteiger partial charge in [0.1, 0.15) is 0 Å². The summed E-state index contributed by atoms with van der Waals surface area (Å²) >= 11 is 0. The van der Waals surface area contributed by atoms with E-state index in [1.54, 1.807) is 0 Å². The van der Waals surface area contributed by atoms with Gasteiger partial charge in [0.2, 0.25) is 0 Å². The third-order valence-electron chi connectivity index (χ3n) is 10.3. The third-order valence-corrected chi connectivity index (χ3v) is 10.3. The molecule has 0 aromatic heterocycles. The van der Waals surface area contributed by atoms with Crippen molar-refractivity contribution in [1.29, 1.82) is 5.26 Å². The Morgan fingerprint density at radius 2 is 1.71 bits per heavy atom. The standard InChI is InChI=1S/C32H38N2O/c1-20-14-21(19-33)16-25(15-20)23-7-4-6-22(17-23)24-12-13-28-27(18-24)26-8-5-11-31-32(26)34(28)29-9-2-3-10-30(29)35-31/h4,6-7,14-17,24,26-32H,2-3,5,8-13,18H2,1H3. The molecule has 3 heteroatoms. The smallest absolute Gasteiger partial charge is 0.0991 e. The van der Waals surface area contributed by atoms with E-state index >= 15 is 0 Å². The zero-order valence-corrected chi connectivity index (χ0v) is 21.0. The van der Waals surface area contributed by atoms with Gasteiger partial charge < -0.3 is 4.74 Å². The predicted octanol–water partition coefficient (Wildman–Crippen LogP) is 6.98. The maximum absolute atomic E-state index is 9.45. The molecule has 35 heavy (non-hydrogen) atoms. The van der Waals surface area contributed by atoms with Gasteiger partial charge in [0.25, 0.3) is 0 Å². The fourth-order valence-electron chi connectivity index (χ4n) is 9.00. The summed E-state index contributed by atoms with van der Waals surface area (Å²) in [5.41, 5.74) is 5.84. The highest BCUT2D eigenvalue weighted by molar-refractivity contribution is 5.67. The van der Waals surface area contributed by atoms with Crippen LogP contribution in [0.4, 0.5) is 0 Å². The van der Waals surface area contributed by atoms with E-state index in [9.17, 15) is 5.26 Å². The maximum atomic E-state index is 9.45. The van der Waals surface area contributed by atoms with Crippen molar-refractivity contribution in [2.24, 2.45) is 11.8 Å². The molecule has 3 saturated carbocycles. The highest BCUT2D eigenvalue weighted by Gasteiger charge is 2.59. The summed E-state index contributed by atoms with van der Waals surface area (Å²) in [6.45, 7) is 2.09. The number of fused-ring (bicyclic) bond motifs is 5. The van der Waals surface area contributed by atoms with Gasteiger partial charge in [-0.15, -0.1) is 0 Å². The topological polar surface area (TPSA) is 36.3 Å². The summed E-state index contributed by atoms with van der Waals surface area (Å²) in [5.74, 6) is 2.32. The van der Waals surface area contributed by atoms with E-state index < -0.39 is 0 Å². The van der Waals surface area contributed by atoms with Gasteiger partial charge in [-0.2, -0.15) is 5.26 Å². The van der Waals surface area contributed by atoms with Crippen LogP contribution in [0.3, 0.4) is 0 Å². The molecule has 182 valence electrons. The Kier molecular flexibility index (Phi) is 5.52. The molecule has 8 unspecified atom stereocenters. The fraction of sp³-hybridized carbons (Fsp3) is 0.594. The third kappa shape index (κ3) is 3.68. The molecule has 0 amide bonds. The molecule has 2 saturated heterocycles. The van der Waals surface area contributed by atoms with E-state index in [0.29, 0.717) is 30.2 Å². The average molecular weight is 467 g/mol. The molecular weight excluding hydrogens is 428 g/mol. The highest BCUT2D eigenvalue weighted by atomic mass is 16.5. The summed E-state index contributed by atoms with van der Waals surface area (Å²) in [5, 5.41) is 9.45. The van der Waals surface area contributed by atoms with Crippen LogP contribution in [-0.2, 0) is 4.74 Å². The van der Waals surface area contributed by atoms with Gasteiger partial charge in [0.05, 0.1) is 23.8 Å². The van der Waals surface area contributed by atoms with Crippen LogP contribution in [0.25, 0.3) is 11.1 Å². The van der Waals surface area contributed by atoms with Gasteiger partial charge in [0.15, 0.2) is 0 Å². The lowest BCUT2D eigenvalue weighted by Crippen LogP contribution is -2.63. The molecule has 2 aromatic rings. The number of morpholine rings is 1. The molecular formula is C32H38N2O. The first-order valence-corrected chi connectivity index (χ1v) is 14.2. The van der Waals surface area contributed by atoms with Crippen molar-refractivity contribution in [3.05, 3.63) is 59.2 Å². The van der Waals surface area contributed by atoms with Crippen molar-refractivity contribution in [2.75, 3.05) is 0 Å². The van der Waals surface area contributed by atoms with Crippen LogP contribution in [0.5, 0.6) is 0 Å². The molecule has 5 fully saturated rings. The maximum Gasteiger partial charge on any atom is 0.0991 e. The lowest BCUT2D eigenvalue weighted by Gasteiger charge is -2.53. The van der Waals surface area contributed by atoms with E-state index in [-0.39, 0.29) is 0 Å². The molecule has 7 rings (SSSR count). The summed E-state index contributed by atoms with van der Waals surface area (Å²) in [6.07, 6.45) is 14.4. The molecule has 3 aliphatic carbocycles. The van der Waals surface area contributed by atoms with Crippen LogP contribution in [-0.4, -0.2) is 35.2 Å². The quantitative estimate of drug-likeness (QED) is 0.479. The van der Waals surface area contributed by atoms with Crippen molar-refractivity contribution in [2.45, 2.75) is 107 Å².